The normalized spacial score (nSPS) is 20.9. The predicted octanol–water partition coefficient (Wildman–Crippen LogP) is 3.92. The lowest BCUT2D eigenvalue weighted by molar-refractivity contribution is 0.0735. The molecule has 3 aliphatic rings. The van der Waals surface area contributed by atoms with Crippen molar-refractivity contribution in [1.82, 2.24) is 4.90 Å². The van der Waals surface area contributed by atoms with E-state index in [0.29, 0.717) is 13.2 Å². The monoisotopic (exact) mass is 349 g/mol. The largest absolute Gasteiger partial charge is 0.486 e. The Labute approximate surface area is 153 Å². The second-order valence-electron chi connectivity index (χ2n) is 7.40. The number of amides is 1. The number of benzene rings is 2. The zero-order valence-corrected chi connectivity index (χ0v) is 14.9. The molecule has 2 aromatic rings. The lowest BCUT2D eigenvalue weighted by Crippen LogP contribution is -2.30. The molecule has 0 spiro atoms. The summed E-state index contributed by atoms with van der Waals surface area (Å²) in [6, 6.07) is 12.5. The van der Waals surface area contributed by atoms with E-state index < -0.39 is 0 Å². The summed E-state index contributed by atoms with van der Waals surface area (Å²) < 4.78 is 11.3. The number of carbonyl (C=O) groups is 1. The Bertz CT molecular complexity index is 860. The number of aryl methyl sites for hydroxylation is 2. The fourth-order valence-corrected chi connectivity index (χ4v) is 4.49. The van der Waals surface area contributed by atoms with Crippen LogP contribution in [-0.4, -0.2) is 30.6 Å². The molecular weight excluding hydrogens is 326 g/mol. The van der Waals surface area contributed by atoms with Crippen molar-refractivity contribution in [1.29, 1.82) is 0 Å². The molecule has 1 amide bonds. The average Bonchev–Trinajstić information content (AvgIpc) is 3.35. The molecule has 1 aliphatic carbocycles. The molecule has 2 heterocycles. The lowest BCUT2D eigenvalue weighted by atomic mass is 10.0. The molecule has 0 radical (unpaired) electrons. The van der Waals surface area contributed by atoms with Crippen LogP contribution in [0, 0.1) is 0 Å². The molecule has 1 fully saturated rings. The molecule has 4 nitrogen and oxygen atoms in total. The quantitative estimate of drug-likeness (QED) is 0.825. The smallest absolute Gasteiger partial charge is 0.254 e. The van der Waals surface area contributed by atoms with Crippen molar-refractivity contribution in [3.8, 4) is 11.5 Å². The first-order valence-corrected chi connectivity index (χ1v) is 9.62. The zero-order chi connectivity index (χ0) is 17.5. The number of ether oxygens (including phenoxy) is 2. The van der Waals surface area contributed by atoms with Crippen molar-refractivity contribution in [3.05, 3.63) is 58.7 Å². The van der Waals surface area contributed by atoms with Gasteiger partial charge in [-0.2, -0.15) is 0 Å². The minimum atomic E-state index is 0.117. The van der Waals surface area contributed by atoms with Gasteiger partial charge in [-0.3, -0.25) is 4.79 Å². The third-order valence-electron chi connectivity index (χ3n) is 5.81. The fraction of sp³-hybridized carbons (Fsp3) is 0.409. The molecule has 2 aliphatic heterocycles. The molecule has 0 N–H and O–H groups in total. The number of carbonyl (C=O) groups excluding carboxylic acids is 1. The van der Waals surface area contributed by atoms with Gasteiger partial charge in [0.05, 0.1) is 6.04 Å². The highest BCUT2D eigenvalue weighted by molar-refractivity contribution is 5.95. The second kappa shape index (κ2) is 6.35. The molecule has 0 bridgehead atoms. The number of hydrogen-bond acceptors (Lipinski definition) is 3. The molecule has 26 heavy (non-hydrogen) atoms. The van der Waals surface area contributed by atoms with Gasteiger partial charge in [-0.05, 0) is 73.1 Å². The highest BCUT2D eigenvalue weighted by Gasteiger charge is 2.32. The molecule has 0 aromatic heterocycles. The van der Waals surface area contributed by atoms with Gasteiger partial charge in [-0.1, -0.05) is 12.1 Å². The van der Waals surface area contributed by atoms with Gasteiger partial charge in [0.2, 0.25) is 0 Å². The van der Waals surface area contributed by atoms with Crippen LogP contribution in [0.4, 0.5) is 0 Å². The van der Waals surface area contributed by atoms with Crippen LogP contribution in [0.25, 0.3) is 0 Å². The Hall–Kier alpha value is -2.49. The van der Waals surface area contributed by atoms with Crippen molar-refractivity contribution in [2.45, 2.75) is 38.1 Å². The average molecular weight is 349 g/mol. The van der Waals surface area contributed by atoms with Crippen LogP contribution in [0.15, 0.2) is 36.4 Å². The SMILES string of the molecule is O=C(c1ccc2c(c1)CCC2)N1CCCC1c1ccc2c(c1)OCCO2. The van der Waals surface area contributed by atoms with Crippen LogP contribution < -0.4 is 9.47 Å². The van der Waals surface area contributed by atoms with Crippen molar-refractivity contribution in [2.24, 2.45) is 0 Å². The summed E-state index contributed by atoms with van der Waals surface area (Å²) in [5.74, 6) is 1.75. The molecule has 0 saturated carbocycles. The number of rotatable bonds is 2. The molecule has 1 saturated heterocycles. The third-order valence-corrected chi connectivity index (χ3v) is 5.81. The number of nitrogens with zero attached hydrogens (tertiary/aromatic N) is 1. The maximum Gasteiger partial charge on any atom is 0.254 e. The van der Waals surface area contributed by atoms with Gasteiger partial charge >= 0.3 is 0 Å². The highest BCUT2D eigenvalue weighted by Crippen LogP contribution is 2.38. The lowest BCUT2D eigenvalue weighted by Gasteiger charge is -2.27. The molecule has 4 heteroatoms. The zero-order valence-electron chi connectivity index (χ0n) is 14.9. The van der Waals surface area contributed by atoms with E-state index in [1.165, 1.54) is 17.5 Å². The van der Waals surface area contributed by atoms with Gasteiger partial charge in [0.25, 0.3) is 5.91 Å². The van der Waals surface area contributed by atoms with Crippen LogP contribution in [0.1, 0.15) is 52.4 Å². The standard InChI is InChI=1S/C22H23NO3/c24-22(18-7-6-15-3-1-4-16(15)13-18)23-10-2-5-19(23)17-8-9-20-21(14-17)26-12-11-25-20/h6-9,13-14,19H,1-5,10-12H2. The highest BCUT2D eigenvalue weighted by atomic mass is 16.6. The van der Waals surface area contributed by atoms with E-state index in [-0.39, 0.29) is 11.9 Å². The van der Waals surface area contributed by atoms with Crippen LogP contribution in [0.5, 0.6) is 11.5 Å². The number of hydrogen-bond donors (Lipinski definition) is 0. The van der Waals surface area contributed by atoms with Gasteiger partial charge in [-0.25, -0.2) is 0 Å². The van der Waals surface area contributed by atoms with Gasteiger partial charge < -0.3 is 14.4 Å². The van der Waals surface area contributed by atoms with Crippen LogP contribution in [0.2, 0.25) is 0 Å². The van der Waals surface area contributed by atoms with E-state index in [4.69, 9.17) is 9.47 Å². The fourth-order valence-electron chi connectivity index (χ4n) is 4.49. The van der Waals surface area contributed by atoms with Crippen molar-refractivity contribution in [3.63, 3.8) is 0 Å². The van der Waals surface area contributed by atoms with Gasteiger partial charge in [-0.15, -0.1) is 0 Å². The van der Waals surface area contributed by atoms with E-state index in [9.17, 15) is 4.79 Å². The predicted molar refractivity (Wildman–Crippen MR) is 98.9 cm³/mol. The minimum Gasteiger partial charge on any atom is -0.486 e. The summed E-state index contributed by atoms with van der Waals surface area (Å²) in [5, 5.41) is 0. The Kier molecular flexibility index (Phi) is 3.84. The number of likely N-dealkylation sites (tertiary alicyclic amines) is 1. The molecule has 134 valence electrons. The summed E-state index contributed by atoms with van der Waals surface area (Å²) in [6.45, 7) is 1.99. The molecule has 1 unspecified atom stereocenters. The Morgan fingerprint density at radius 2 is 1.77 bits per heavy atom. The van der Waals surface area contributed by atoms with Gasteiger partial charge in [0.1, 0.15) is 13.2 Å². The molecule has 1 atom stereocenters. The van der Waals surface area contributed by atoms with Crippen LogP contribution in [0.3, 0.4) is 0 Å². The maximum atomic E-state index is 13.2. The summed E-state index contributed by atoms with van der Waals surface area (Å²) in [5.41, 5.74) is 4.73. The summed E-state index contributed by atoms with van der Waals surface area (Å²) >= 11 is 0. The van der Waals surface area contributed by atoms with Crippen molar-refractivity contribution >= 4 is 5.91 Å². The first kappa shape index (κ1) is 15.7. The number of fused-ring (bicyclic) bond motifs is 2. The topological polar surface area (TPSA) is 38.8 Å². The Morgan fingerprint density at radius 3 is 2.69 bits per heavy atom. The first-order valence-electron chi connectivity index (χ1n) is 9.62. The first-order chi connectivity index (χ1) is 12.8. The minimum absolute atomic E-state index is 0.117. The summed E-state index contributed by atoms with van der Waals surface area (Å²) in [4.78, 5) is 15.2. The van der Waals surface area contributed by atoms with E-state index >= 15 is 0 Å². The van der Waals surface area contributed by atoms with Gasteiger partial charge in [0, 0.05) is 12.1 Å². The Morgan fingerprint density at radius 1 is 0.923 bits per heavy atom. The van der Waals surface area contributed by atoms with Gasteiger partial charge in [0.15, 0.2) is 11.5 Å². The van der Waals surface area contributed by atoms with Crippen molar-refractivity contribution < 1.29 is 14.3 Å². The van der Waals surface area contributed by atoms with E-state index in [2.05, 4.69) is 18.2 Å². The van der Waals surface area contributed by atoms with E-state index in [0.717, 1.165) is 54.9 Å². The summed E-state index contributed by atoms with van der Waals surface area (Å²) in [6.07, 6.45) is 5.48. The third kappa shape index (κ3) is 2.64. The van der Waals surface area contributed by atoms with Crippen molar-refractivity contribution in [2.75, 3.05) is 19.8 Å². The molecular formula is C22H23NO3. The van der Waals surface area contributed by atoms with Crippen LogP contribution in [-0.2, 0) is 12.8 Å². The molecule has 5 rings (SSSR count). The molecule has 2 aromatic carbocycles. The summed E-state index contributed by atoms with van der Waals surface area (Å²) in [7, 11) is 0. The van der Waals surface area contributed by atoms with E-state index in [1.54, 1.807) is 0 Å². The maximum absolute atomic E-state index is 13.2. The second-order valence-corrected chi connectivity index (χ2v) is 7.40. The Balaban J connectivity index is 1.42. The van der Waals surface area contributed by atoms with E-state index in [1.807, 2.05) is 23.1 Å². The van der Waals surface area contributed by atoms with Crippen LogP contribution >= 0.6 is 0 Å².